The summed E-state index contributed by atoms with van der Waals surface area (Å²) in [6.07, 6.45) is 1.88. The lowest BCUT2D eigenvalue weighted by molar-refractivity contribution is -0.121. The Kier molecular flexibility index (Phi) is 4.52. The first kappa shape index (κ1) is 19.1. The van der Waals surface area contributed by atoms with Gasteiger partial charge in [-0.2, -0.15) is 4.31 Å². The van der Waals surface area contributed by atoms with Crippen molar-refractivity contribution in [2.24, 2.45) is 0 Å². The summed E-state index contributed by atoms with van der Waals surface area (Å²) in [6, 6.07) is 11.4. The number of rotatable bonds is 3. The molecule has 8 nitrogen and oxygen atoms in total. The Labute approximate surface area is 174 Å². The number of nitrogens with zero attached hydrogens (tertiary/aromatic N) is 2. The van der Waals surface area contributed by atoms with Crippen LogP contribution in [0.15, 0.2) is 47.4 Å². The molecule has 9 heteroatoms. The van der Waals surface area contributed by atoms with E-state index in [4.69, 9.17) is 4.74 Å². The molecule has 2 amide bonds. The molecule has 1 saturated heterocycles. The summed E-state index contributed by atoms with van der Waals surface area (Å²) >= 11 is 0. The summed E-state index contributed by atoms with van der Waals surface area (Å²) in [5, 5.41) is 2.63. The van der Waals surface area contributed by atoms with E-state index in [2.05, 4.69) is 5.32 Å². The van der Waals surface area contributed by atoms with Crippen molar-refractivity contribution in [3.63, 3.8) is 0 Å². The number of fused-ring (bicyclic) bond motifs is 2. The fourth-order valence-electron chi connectivity index (χ4n) is 4.38. The molecule has 0 aliphatic carbocycles. The van der Waals surface area contributed by atoms with Gasteiger partial charge in [0.05, 0.1) is 10.6 Å². The highest BCUT2D eigenvalue weighted by Gasteiger charge is 2.42. The predicted octanol–water partition coefficient (Wildman–Crippen LogP) is 1.76. The van der Waals surface area contributed by atoms with Crippen molar-refractivity contribution in [2.75, 3.05) is 29.9 Å². The van der Waals surface area contributed by atoms with Gasteiger partial charge in [0, 0.05) is 18.8 Å². The lowest BCUT2D eigenvalue weighted by Gasteiger charge is -2.28. The van der Waals surface area contributed by atoms with Gasteiger partial charge in [0.15, 0.2) is 6.61 Å². The number of benzene rings is 2. The van der Waals surface area contributed by atoms with Crippen LogP contribution in [-0.4, -0.2) is 50.3 Å². The quantitative estimate of drug-likeness (QED) is 0.805. The number of carbonyl (C=O) groups excluding carboxylic acids is 2. The van der Waals surface area contributed by atoms with Gasteiger partial charge in [0.25, 0.3) is 5.91 Å². The molecule has 1 atom stereocenters. The first-order valence-corrected chi connectivity index (χ1v) is 11.4. The number of nitrogens with one attached hydrogen (secondary N) is 1. The SMILES string of the molecule is O=C1COc2ccc(S(=O)(=O)N3CCCC3C(=O)N3CCc4ccccc43)cc2N1. The van der Waals surface area contributed by atoms with E-state index < -0.39 is 16.1 Å². The first-order valence-electron chi connectivity index (χ1n) is 9.93. The Hall–Kier alpha value is -2.91. The second kappa shape index (κ2) is 7.10. The van der Waals surface area contributed by atoms with Crippen LogP contribution < -0.4 is 15.0 Å². The van der Waals surface area contributed by atoms with Gasteiger partial charge in [-0.15, -0.1) is 0 Å². The second-order valence-electron chi connectivity index (χ2n) is 7.64. The number of carbonyl (C=O) groups is 2. The minimum absolute atomic E-state index is 0.0357. The van der Waals surface area contributed by atoms with Crippen molar-refractivity contribution < 1.29 is 22.7 Å². The third kappa shape index (κ3) is 3.05. The van der Waals surface area contributed by atoms with Crippen LogP contribution in [0.3, 0.4) is 0 Å². The minimum atomic E-state index is -3.91. The Morgan fingerprint density at radius 3 is 2.83 bits per heavy atom. The van der Waals surface area contributed by atoms with Gasteiger partial charge in [0.2, 0.25) is 15.9 Å². The highest BCUT2D eigenvalue weighted by molar-refractivity contribution is 7.89. The number of para-hydroxylation sites is 1. The molecule has 1 N–H and O–H groups in total. The molecule has 0 aromatic heterocycles. The fraction of sp³-hybridized carbons (Fsp3) is 0.333. The molecule has 156 valence electrons. The molecule has 1 unspecified atom stereocenters. The van der Waals surface area contributed by atoms with Gasteiger partial charge in [-0.05, 0) is 49.1 Å². The van der Waals surface area contributed by atoms with Crippen molar-refractivity contribution in [3.05, 3.63) is 48.0 Å². The van der Waals surface area contributed by atoms with Gasteiger partial charge in [-0.1, -0.05) is 18.2 Å². The number of amides is 2. The number of sulfonamides is 1. The molecular weight excluding hydrogens is 406 g/mol. The molecule has 0 bridgehead atoms. The lowest BCUT2D eigenvalue weighted by Crippen LogP contribution is -2.47. The van der Waals surface area contributed by atoms with Crippen LogP contribution in [0.1, 0.15) is 18.4 Å². The molecule has 30 heavy (non-hydrogen) atoms. The summed E-state index contributed by atoms with van der Waals surface area (Å²) in [5.74, 6) is -0.0918. The van der Waals surface area contributed by atoms with Gasteiger partial charge in [-0.25, -0.2) is 8.42 Å². The summed E-state index contributed by atoms with van der Waals surface area (Å²) < 4.78 is 33.4. The van der Waals surface area contributed by atoms with Crippen LogP contribution in [0.4, 0.5) is 11.4 Å². The number of hydrogen-bond donors (Lipinski definition) is 1. The zero-order chi connectivity index (χ0) is 20.9. The normalized spacial score (nSPS) is 21.0. The third-order valence-electron chi connectivity index (χ3n) is 5.83. The molecule has 2 aromatic carbocycles. The zero-order valence-corrected chi connectivity index (χ0v) is 17.0. The van der Waals surface area contributed by atoms with E-state index in [0.717, 1.165) is 17.7 Å². The van der Waals surface area contributed by atoms with Crippen LogP contribution in [0, 0.1) is 0 Å². The molecule has 2 aromatic rings. The molecule has 3 aliphatic rings. The third-order valence-corrected chi connectivity index (χ3v) is 7.74. The Morgan fingerprint density at radius 2 is 1.97 bits per heavy atom. The Morgan fingerprint density at radius 1 is 1.13 bits per heavy atom. The highest BCUT2D eigenvalue weighted by Crippen LogP contribution is 2.35. The molecule has 0 radical (unpaired) electrons. The zero-order valence-electron chi connectivity index (χ0n) is 16.2. The summed E-state index contributed by atoms with van der Waals surface area (Å²) in [7, 11) is -3.91. The molecule has 0 saturated carbocycles. The van der Waals surface area contributed by atoms with Crippen LogP contribution in [0.2, 0.25) is 0 Å². The highest BCUT2D eigenvalue weighted by atomic mass is 32.2. The molecule has 5 rings (SSSR count). The van der Waals surface area contributed by atoms with Crippen molar-refractivity contribution in [2.45, 2.75) is 30.2 Å². The Balaban J connectivity index is 1.44. The molecular formula is C21H21N3O5S. The molecule has 1 fully saturated rings. The lowest BCUT2D eigenvalue weighted by atomic mass is 10.1. The van der Waals surface area contributed by atoms with Gasteiger partial charge < -0.3 is 15.0 Å². The fourth-order valence-corrected chi connectivity index (χ4v) is 6.06. The van der Waals surface area contributed by atoms with E-state index in [1.165, 1.54) is 22.5 Å². The van der Waals surface area contributed by atoms with Gasteiger partial charge in [-0.3, -0.25) is 9.59 Å². The van der Waals surface area contributed by atoms with E-state index in [1.54, 1.807) is 4.90 Å². The van der Waals surface area contributed by atoms with E-state index in [-0.39, 0.29) is 29.9 Å². The monoisotopic (exact) mass is 427 g/mol. The summed E-state index contributed by atoms with van der Waals surface area (Å²) in [5.41, 5.74) is 2.28. The largest absolute Gasteiger partial charge is 0.482 e. The average molecular weight is 427 g/mol. The second-order valence-corrected chi connectivity index (χ2v) is 9.53. The van der Waals surface area contributed by atoms with Crippen LogP contribution in [0.5, 0.6) is 5.75 Å². The Bertz CT molecular complexity index is 1150. The maximum atomic E-state index is 13.4. The number of hydrogen-bond acceptors (Lipinski definition) is 5. The van der Waals surface area contributed by atoms with Crippen molar-refractivity contribution in [1.82, 2.24) is 4.31 Å². The maximum absolute atomic E-state index is 13.4. The molecule has 0 spiro atoms. The topological polar surface area (TPSA) is 96.0 Å². The summed E-state index contributed by atoms with van der Waals surface area (Å²) in [4.78, 5) is 26.6. The smallest absolute Gasteiger partial charge is 0.262 e. The van der Waals surface area contributed by atoms with Crippen molar-refractivity contribution in [1.29, 1.82) is 0 Å². The number of ether oxygens (including phenoxy) is 1. The van der Waals surface area contributed by atoms with Crippen molar-refractivity contribution >= 4 is 33.2 Å². The standard InChI is InChI=1S/C21H21N3O5S/c25-20-13-29-19-8-7-15(12-16(19)22-20)30(27,28)24-10-3-6-18(24)21(26)23-11-9-14-4-1-2-5-17(14)23/h1-2,4-5,7-8,12,18H,3,6,9-11,13H2,(H,22,25). The molecule has 3 aliphatic heterocycles. The van der Waals surface area contributed by atoms with Gasteiger partial charge in [0.1, 0.15) is 11.8 Å². The van der Waals surface area contributed by atoms with Crippen LogP contribution >= 0.6 is 0 Å². The maximum Gasteiger partial charge on any atom is 0.262 e. The first-order chi connectivity index (χ1) is 14.4. The number of anilines is 2. The van der Waals surface area contributed by atoms with Crippen molar-refractivity contribution in [3.8, 4) is 5.75 Å². The van der Waals surface area contributed by atoms with E-state index >= 15 is 0 Å². The predicted molar refractivity (Wildman–Crippen MR) is 110 cm³/mol. The van der Waals surface area contributed by atoms with E-state index in [0.29, 0.717) is 30.8 Å². The average Bonchev–Trinajstić information content (AvgIpc) is 3.40. The minimum Gasteiger partial charge on any atom is -0.482 e. The van der Waals surface area contributed by atoms with Gasteiger partial charge >= 0.3 is 0 Å². The summed E-state index contributed by atoms with van der Waals surface area (Å²) in [6.45, 7) is 0.748. The van der Waals surface area contributed by atoms with Crippen LogP contribution in [-0.2, 0) is 26.0 Å². The van der Waals surface area contributed by atoms with E-state index in [9.17, 15) is 18.0 Å². The van der Waals surface area contributed by atoms with E-state index in [1.807, 2.05) is 24.3 Å². The van der Waals surface area contributed by atoms with Crippen LogP contribution in [0.25, 0.3) is 0 Å². The molecule has 3 heterocycles.